The van der Waals surface area contributed by atoms with Crippen LogP contribution < -0.4 is 5.32 Å². The van der Waals surface area contributed by atoms with E-state index in [1.807, 2.05) is 0 Å². The van der Waals surface area contributed by atoms with Crippen molar-refractivity contribution in [1.29, 1.82) is 0 Å². The molecule has 1 aromatic carbocycles. The Morgan fingerprint density at radius 2 is 2.13 bits per heavy atom. The molecular weight excluding hydrogens is 207 g/mol. The summed E-state index contributed by atoms with van der Waals surface area (Å²) in [7, 11) is 0. The van der Waals surface area contributed by atoms with Gasteiger partial charge in [-0.15, -0.1) is 0 Å². The van der Waals surface area contributed by atoms with Crippen LogP contribution in [0.25, 0.3) is 0 Å². The molecule has 82 valence electrons. The highest BCUT2D eigenvalue weighted by Crippen LogP contribution is 2.31. The van der Waals surface area contributed by atoms with Crippen LogP contribution in [-0.4, -0.2) is 13.3 Å². The monoisotopic (exact) mass is 217 g/mol. The summed E-state index contributed by atoms with van der Waals surface area (Å²) in [5.41, 5.74) is -0.00368. The summed E-state index contributed by atoms with van der Waals surface area (Å²) in [5, 5.41) is 2.96. The SMILES string of the molecule is FC(F)(F)c1cccc(C2COCN2)c1. The first-order valence-corrected chi connectivity index (χ1v) is 4.55. The van der Waals surface area contributed by atoms with E-state index in [4.69, 9.17) is 4.74 Å². The van der Waals surface area contributed by atoms with Crippen molar-refractivity contribution in [2.45, 2.75) is 12.2 Å². The predicted molar refractivity (Wildman–Crippen MR) is 48.1 cm³/mol. The van der Waals surface area contributed by atoms with Gasteiger partial charge in [-0.3, -0.25) is 5.32 Å². The maximum absolute atomic E-state index is 12.4. The van der Waals surface area contributed by atoms with E-state index >= 15 is 0 Å². The Morgan fingerprint density at radius 3 is 2.73 bits per heavy atom. The van der Waals surface area contributed by atoms with Gasteiger partial charge in [0.2, 0.25) is 0 Å². The van der Waals surface area contributed by atoms with Gasteiger partial charge in [0.05, 0.1) is 24.9 Å². The van der Waals surface area contributed by atoms with E-state index in [0.717, 1.165) is 12.1 Å². The molecule has 1 fully saturated rings. The summed E-state index contributed by atoms with van der Waals surface area (Å²) in [6, 6.07) is 5.18. The molecule has 0 saturated carbocycles. The van der Waals surface area contributed by atoms with Crippen molar-refractivity contribution in [3.63, 3.8) is 0 Å². The minimum atomic E-state index is -4.28. The lowest BCUT2D eigenvalue weighted by Crippen LogP contribution is -2.15. The maximum Gasteiger partial charge on any atom is 0.416 e. The third-order valence-electron chi connectivity index (χ3n) is 2.33. The molecule has 1 aliphatic heterocycles. The molecule has 1 atom stereocenters. The van der Waals surface area contributed by atoms with Gasteiger partial charge in [0.15, 0.2) is 0 Å². The van der Waals surface area contributed by atoms with Crippen molar-refractivity contribution in [3.05, 3.63) is 35.4 Å². The van der Waals surface area contributed by atoms with Gasteiger partial charge in [-0.1, -0.05) is 12.1 Å². The normalized spacial score (nSPS) is 21.9. The van der Waals surface area contributed by atoms with Crippen molar-refractivity contribution in [2.24, 2.45) is 0 Å². The van der Waals surface area contributed by atoms with Gasteiger partial charge < -0.3 is 4.74 Å². The van der Waals surface area contributed by atoms with E-state index in [-0.39, 0.29) is 6.04 Å². The fourth-order valence-electron chi connectivity index (χ4n) is 1.54. The zero-order valence-electron chi connectivity index (χ0n) is 7.84. The maximum atomic E-state index is 12.4. The molecule has 1 saturated heterocycles. The summed E-state index contributed by atoms with van der Waals surface area (Å²) in [4.78, 5) is 0. The predicted octanol–water partition coefficient (Wildman–Crippen LogP) is 2.32. The Labute approximate surface area is 85.0 Å². The zero-order valence-corrected chi connectivity index (χ0v) is 7.84. The van der Waals surface area contributed by atoms with Crippen LogP contribution in [0.1, 0.15) is 17.2 Å². The third-order valence-corrected chi connectivity index (χ3v) is 2.33. The van der Waals surface area contributed by atoms with Crippen LogP contribution in [-0.2, 0) is 10.9 Å². The Morgan fingerprint density at radius 1 is 1.33 bits per heavy atom. The number of nitrogens with one attached hydrogen (secondary N) is 1. The number of alkyl halides is 3. The van der Waals surface area contributed by atoms with Crippen LogP contribution in [0.4, 0.5) is 13.2 Å². The molecule has 0 aliphatic carbocycles. The first-order chi connectivity index (χ1) is 7.07. The van der Waals surface area contributed by atoms with Crippen molar-refractivity contribution < 1.29 is 17.9 Å². The van der Waals surface area contributed by atoms with Gasteiger partial charge in [-0.25, -0.2) is 0 Å². The highest BCUT2D eigenvalue weighted by molar-refractivity contribution is 5.28. The van der Waals surface area contributed by atoms with Gasteiger partial charge in [0.1, 0.15) is 0 Å². The first kappa shape index (κ1) is 10.4. The quantitative estimate of drug-likeness (QED) is 0.779. The molecule has 0 amide bonds. The summed E-state index contributed by atoms with van der Waals surface area (Å²) < 4.78 is 42.3. The zero-order chi connectivity index (χ0) is 10.9. The third kappa shape index (κ3) is 2.30. The smallest absolute Gasteiger partial charge is 0.364 e. The summed E-state index contributed by atoms with van der Waals surface area (Å²) in [6.45, 7) is 0.808. The van der Waals surface area contributed by atoms with E-state index in [9.17, 15) is 13.2 Å². The number of ether oxygens (including phenoxy) is 1. The number of hydrogen-bond acceptors (Lipinski definition) is 2. The summed E-state index contributed by atoms with van der Waals surface area (Å²) in [5.74, 6) is 0. The van der Waals surface area contributed by atoms with E-state index < -0.39 is 11.7 Å². The first-order valence-electron chi connectivity index (χ1n) is 4.55. The van der Waals surface area contributed by atoms with Gasteiger partial charge in [0, 0.05) is 0 Å². The van der Waals surface area contributed by atoms with E-state index in [2.05, 4.69) is 5.32 Å². The van der Waals surface area contributed by atoms with Gasteiger partial charge >= 0.3 is 6.18 Å². The molecule has 0 aromatic heterocycles. The molecule has 5 heteroatoms. The Kier molecular flexibility index (Phi) is 2.67. The lowest BCUT2D eigenvalue weighted by molar-refractivity contribution is -0.137. The van der Waals surface area contributed by atoms with Crippen LogP contribution >= 0.6 is 0 Å². The number of benzene rings is 1. The molecule has 1 N–H and O–H groups in total. The number of hydrogen-bond donors (Lipinski definition) is 1. The van der Waals surface area contributed by atoms with Crippen molar-refractivity contribution in [2.75, 3.05) is 13.3 Å². The molecule has 0 spiro atoms. The molecule has 15 heavy (non-hydrogen) atoms. The van der Waals surface area contributed by atoms with Crippen LogP contribution in [0.2, 0.25) is 0 Å². The second-order valence-electron chi connectivity index (χ2n) is 3.40. The molecule has 1 aliphatic rings. The highest BCUT2D eigenvalue weighted by Gasteiger charge is 2.31. The number of halogens is 3. The van der Waals surface area contributed by atoms with Crippen molar-refractivity contribution in [3.8, 4) is 0 Å². The Bertz CT molecular complexity index is 345. The molecular formula is C10H10F3NO. The molecule has 2 nitrogen and oxygen atoms in total. The molecule has 0 bridgehead atoms. The standard InChI is InChI=1S/C10H10F3NO/c11-10(12,13)8-3-1-2-7(4-8)9-5-15-6-14-9/h1-4,9,14H,5-6H2. The molecule has 0 radical (unpaired) electrons. The summed E-state index contributed by atoms with van der Waals surface area (Å²) >= 11 is 0. The van der Waals surface area contributed by atoms with Crippen LogP contribution in [0.5, 0.6) is 0 Å². The summed E-state index contributed by atoms with van der Waals surface area (Å²) in [6.07, 6.45) is -4.28. The molecule has 2 rings (SSSR count). The molecule has 1 unspecified atom stereocenters. The van der Waals surface area contributed by atoms with Crippen LogP contribution in [0.3, 0.4) is 0 Å². The van der Waals surface area contributed by atoms with Crippen molar-refractivity contribution >= 4 is 0 Å². The Hall–Kier alpha value is -1.07. The lowest BCUT2D eigenvalue weighted by atomic mass is 10.0. The van der Waals surface area contributed by atoms with Gasteiger partial charge in [0.25, 0.3) is 0 Å². The fraction of sp³-hybridized carbons (Fsp3) is 0.400. The highest BCUT2D eigenvalue weighted by atomic mass is 19.4. The second kappa shape index (κ2) is 3.83. The average molecular weight is 217 g/mol. The minimum absolute atomic E-state index is 0.132. The second-order valence-corrected chi connectivity index (χ2v) is 3.40. The van der Waals surface area contributed by atoms with Crippen LogP contribution in [0.15, 0.2) is 24.3 Å². The lowest BCUT2D eigenvalue weighted by Gasteiger charge is -2.12. The fourth-order valence-corrected chi connectivity index (χ4v) is 1.54. The van der Waals surface area contributed by atoms with E-state index in [0.29, 0.717) is 18.9 Å². The van der Waals surface area contributed by atoms with E-state index in [1.54, 1.807) is 6.07 Å². The van der Waals surface area contributed by atoms with E-state index in [1.165, 1.54) is 6.07 Å². The average Bonchev–Trinajstić information content (AvgIpc) is 2.69. The molecule has 1 heterocycles. The molecule has 1 aromatic rings. The Balaban J connectivity index is 2.26. The van der Waals surface area contributed by atoms with Crippen LogP contribution in [0, 0.1) is 0 Å². The van der Waals surface area contributed by atoms with Gasteiger partial charge in [-0.2, -0.15) is 13.2 Å². The minimum Gasteiger partial charge on any atom is -0.364 e. The van der Waals surface area contributed by atoms with Gasteiger partial charge in [-0.05, 0) is 17.7 Å². The van der Waals surface area contributed by atoms with Crippen molar-refractivity contribution in [1.82, 2.24) is 5.32 Å². The number of rotatable bonds is 1. The largest absolute Gasteiger partial charge is 0.416 e. The topological polar surface area (TPSA) is 21.3 Å².